The fourth-order valence-electron chi connectivity index (χ4n) is 5.49. The molecule has 1 aliphatic rings. The summed E-state index contributed by atoms with van der Waals surface area (Å²) in [5.41, 5.74) is 5.55. The van der Waals surface area contributed by atoms with Gasteiger partial charge in [0.15, 0.2) is 0 Å². The second-order valence-electron chi connectivity index (χ2n) is 11.2. The molecule has 2 N–H and O–H groups in total. The molecule has 0 saturated heterocycles. The Hall–Kier alpha value is -5.15. The van der Waals surface area contributed by atoms with E-state index in [1.54, 1.807) is 18.0 Å². The van der Waals surface area contributed by atoms with E-state index in [-0.39, 0.29) is 18.2 Å². The van der Waals surface area contributed by atoms with Crippen molar-refractivity contribution in [3.05, 3.63) is 120 Å². The first-order valence-electron chi connectivity index (χ1n) is 15.7. The molecular formula is C37H40N6O3. The van der Waals surface area contributed by atoms with E-state index in [1.165, 1.54) is 0 Å². The van der Waals surface area contributed by atoms with E-state index < -0.39 is 18.1 Å². The number of hydrogen-bond acceptors (Lipinski definition) is 6. The molecule has 0 spiro atoms. The Labute approximate surface area is 270 Å². The fourth-order valence-corrected chi connectivity index (χ4v) is 5.49. The van der Waals surface area contributed by atoms with Crippen LogP contribution >= 0.6 is 0 Å². The highest BCUT2D eigenvalue weighted by Gasteiger charge is 2.34. The number of carbonyl (C=O) groups is 3. The molecule has 1 aromatic heterocycles. The first-order valence-corrected chi connectivity index (χ1v) is 15.7. The van der Waals surface area contributed by atoms with Gasteiger partial charge >= 0.3 is 0 Å². The molecular weight excluding hydrogens is 576 g/mol. The maximum atomic E-state index is 14.1. The van der Waals surface area contributed by atoms with Gasteiger partial charge in [-0.25, -0.2) is 4.99 Å². The Morgan fingerprint density at radius 2 is 1.54 bits per heavy atom. The second kappa shape index (κ2) is 15.2. The summed E-state index contributed by atoms with van der Waals surface area (Å²) in [7, 11) is 0. The largest absolute Gasteiger partial charge is 0.344 e. The van der Waals surface area contributed by atoms with E-state index >= 15 is 0 Å². The minimum Gasteiger partial charge on any atom is -0.344 e. The Bertz CT molecular complexity index is 1670. The van der Waals surface area contributed by atoms with Crippen LogP contribution in [0.15, 0.2) is 108 Å². The molecule has 4 aromatic rings. The van der Waals surface area contributed by atoms with Crippen molar-refractivity contribution in [1.29, 1.82) is 0 Å². The molecule has 9 heteroatoms. The Balaban J connectivity index is 1.32. The number of amides is 3. The van der Waals surface area contributed by atoms with Crippen molar-refractivity contribution in [2.24, 2.45) is 4.99 Å². The highest BCUT2D eigenvalue weighted by Crippen LogP contribution is 2.28. The maximum absolute atomic E-state index is 14.1. The standard InChI is InChI=1S/C37H40N6O3/c1-4-42(5-2)23-24-43-32-17-10-9-15-30(32)34(31-16-11-12-22-38-31)40-35(37(43)46)41-36(45)26(3)39-33(44)25-27-18-20-29(21-19-27)28-13-7-6-8-14-28/h6-22,26,35H,4-5,23-25H2,1-3H3,(H,39,44)(H,41,45)/t26-,35?/m0/s1. The van der Waals surface area contributed by atoms with Crippen LogP contribution in [0.5, 0.6) is 0 Å². The molecule has 2 atom stereocenters. The average molecular weight is 617 g/mol. The number of likely N-dealkylation sites (N-methyl/N-ethyl adjacent to an activating group) is 1. The van der Waals surface area contributed by atoms with Crippen LogP contribution in [-0.4, -0.2) is 71.7 Å². The van der Waals surface area contributed by atoms with Gasteiger partial charge in [0.25, 0.3) is 5.91 Å². The monoisotopic (exact) mass is 616 g/mol. The van der Waals surface area contributed by atoms with E-state index in [0.29, 0.717) is 30.2 Å². The summed E-state index contributed by atoms with van der Waals surface area (Å²) in [6, 6.07) is 30.0. The normalized spacial score (nSPS) is 15.0. The number of benzodiazepines with no additional fused rings is 1. The van der Waals surface area contributed by atoms with E-state index in [0.717, 1.165) is 35.3 Å². The first-order chi connectivity index (χ1) is 22.4. The van der Waals surface area contributed by atoms with E-state index in [4.69, 9.17) is 4.99 Å². The van der Waals surface area contributed by atoms with Crippen molar-refractivity contribution in [2.45, 2.75) is 39.4 Å². The van der Waals surface area contributed by atoms with Crippen LogP contribution in [0.4, 0.5) is 5.69 Å². The number of pyridine rings is 1. The predicted octanol–water partition coefficient (Wildman–Crippen LogP) is 4.46. The molecule has 5 rings (SSSR count). The van der Waals surface area contributed by atoms with E-state index in [2.05, 4.69) is 34.4 Å². The highest BCUT2D eigenvalue weighted by atomic mass is 16.2. The lowest BCUT2D eigenvalue weighted by atomic mass is 10.0. The summed E-state index contributed by atoms with van der Waals surface area (Å²) in [6.07, 6.45) is 0.579. The minimum absolute atomic E-state index is 0.117. The number of aliphatic imine (C=N–C) groups is 1. The number of benzene rings is 3. The summed E-state index contributed by atoms with van der Waals surface area (Å²) in [6.45, 7) is 8.55. The van der Waals surface area contributed by atoms with Gasteiger partial charge in [0, 0.05) is 24.8 Å². The zero-order valence-electron chi connectivity index (χ0n) is 26.5. The van der Waals surface area contributed by atoms with Gasteiger partial charge in [-0.2, -0.15) is 0 Å². The van der Waals surface area contributed by atoms with E-state index in [1.807, 2.05) is 97.1 Å². The van der Waals surface area contributed by atoms with Gasteiger partial charge in [-0.3, -0.25) is 19.4 Å². The topological polar surface area (TPSA) is 107 Å². The van der Waals surface area contributed by atoms with Crippen LogP contribution < -0.4 is 15.5 Å². The number of rotatable bonds is 12. The molecule has 0 radical (unpaired) electrons. The van der Waals surface area contributed by atoms with Gasteiger partial charge in [-0.15, -0.1) is 0 Å². The minimum atomic E-state index is -1.21. The summed E-state index contributed by atoms with van der Waals surface area (Å²) in [5, 5.41) is 5.59. The zero-order chi connectivity index (χ0) is 32.5. The summed E-state index contributed by atoms with van der Waals surface area (Å²) in [5.74, 6) is -1.16. The summed E-state index contributed by atoms with van der Waals surface area (Å²) in [4.78, 5) is 53.7. The number of aromatic nitrogens is 1. The Morgan fingerprint density at radius 3 is 2.24 bits per heavy atom. The Morgan fingerprint density at radius 1 is 0.870 bits per heavy atom. The quantitative estimate of drug-likeness (QED) is 0.245. The number of hydrogen-bond donors (Lipinski definition) is 2. The number of para-hydroxylation sites is 1. The number of anilines is 1. The molecule has 9 nitrogen and oxygen atoms in total. The molecule has 3 amide bonds. The van der Waals surface area contributed by atoms with Gasteiger partial charge in [-0.05, 0) is 54.9 Å². The molecule has 0 aliphatic carbocycles. The lowest BCUT2D eigenvalue weighted by molar-refractivity contribution is -0.130. The zero-order valence-corrected chi connectivity index (χ0v) is 26.5. The lowest BCUT2D eigenvalue weighted by Gasteiger charge is -2.28. The van der Waals surface area contributed by atoms with Crippen LogP contribution in [0.2, 0.25) is 0 Å². The maximum Gasteiger partial charge on any atom is 0.272 e. The average Bonchev–Trinajstić information content (AvgIpc) is 3.20. The Kier molecular flexibility index (Phi) is 10.7. The van der Waals surface area contributed by atoms with Gasteiger partial charge in [0.05, 0.1) is 23.5 Å². The summed E-state index contributed by atoms with van der Waals surface area (Å²) < 4.78 is 0. The SMILES string of the molecule is CCN(CC)CCN1C(=O)C(NC(=O)[C@H](C)NC(=O)Cc2ccc(-c3ccccc3)cc2)N=C(c2ccccn2)c2ccccc21. The number of carbonyl (C=O) groups excluding carboxylic acids is 3. The molecule has 46 heavy (non-hydrogen) atoms. The van der Waals surface area contributed by atoms with Crippen molar-refractivity contribution >= 4 is 29.1 Å². The number of nitrogens with one attached hydrogen (secondary N) is 2. The van der Waals surface area contributed by atoms with Crippen LogP contribution in [-0.2, 0) is 20.8 Å². The molecule has 0 saturated carbocycles. The van der Waals surface area contributed by atoms with Crippen molar-refractivity contribution < 1.29 is 14.4 Å². The molecule has 0 bridgehead atoms. The van der Waals surface area contributed by atoms with Crippen LogP contribution in [0.3, 0.4) is 0 Å². The highest BCUT2D eigenvalue weighted by molar-refractivity contribution is 6.19. The van der Waals surface area contributed by atoms with Crippen LogP contribution in [0, 0.1) is 0 Å². The van der Waals surface area contributed by atoms with Gasteiger partial charge < -0.3 is 20.4 Å². The summed E-state index contributed by atoms with van der Waals surface area (Å²) >= 11 is 0. The second-order valence-corrected chi connectivity index (χ2v) is 11.2. The molecule has 1 aliphatic heterocycles. The predicted molar refractivity (Wildman–Crippen MR) is 182 cm³/mol. The molecule has 1 unspecified atom stereocenters. The fraction of sp³-hybridized carbons (Fsp3) is 0.270. The molecule has 236 valence electrons. The van der Waals surface area contributed by atoms with Crippen molar-refractivity contribution in [3.63, 3.8) is 0 Å². The van der Waals surface area contributed by atoms with Crippen LogP contribution in [0.25, 0.3) is 11.1 Å². The van der Waals surface area contributed by atoms with Gasteiger partial charge in [-0.1, -0.05) is 92.7 Å². The van der Waals surface area contributed by atoms with Gasteiger partial charge in [0.2, 0.25) is 18.0 Å². The van der Waals surface area contributed by atoms with Gasteiger partial charge in [0.1, 0.15) is 6.04 Å². The smallest absolute Gasteiger partial charge is 0.272 e. The molecule has 0 fully saturated rings. The molecule has 3 aromatic carbocycles. The van der Waals surface area contributed by atoms with E-state index in [9.17, 15) is 14.4 Å². The third-order valence-electron chi connectivity index (χ3n) is 8.13. The number of nitrogens with zero attached hydrogens (tertiary/aromatic N) is 4. The van der Waals surface area contributed by atoms with Crippen molar-refractivity contribution in [3.8, 4) is 11.1 Å². The van der Waals surface area contributed by atoms with Crippen LogP contribution in [0.1, 0.15) is 37.6 Å². The first kappa shape index (κ1) is 32.2. The third kappa shape index (κ3) is 7.73. The third-order valence-corrected chi connectivity index (χ3v) is 8.13. The van der Waals surface area contributed by atoms with Crippen molar-refractivity contribution in [1.82, 2.24) is 20.5 Å². The molecule has 2 heterocycles. The lowest BCUT2D eigenvalue weighted by Crippen LogP contribution is -2.53. The van der Waals surface area contributed by atoms with Crippen molar-refractivity contribution in [2.75, 3.05) is 31.1 Å². The number of fused-ring (bicyclic) bond motifs is 1.